The van der Waals surface area contributed by atoms with Crippen LogP contribution in [0.1, 0.15) is 31.9 Å². The van der Waals surface area contributed by atoms with Gasteiger partial charge in [0.05, 0.1) is 4.47 Å². The molecule has 0 bridgehead atoms. The van der Waals surface area contributed by atoms with E-state index < -0.39 is 0 Å². The Labute approximate surface area is 139 Å². The van der Waals surface area contributed by atoms with Crippen molar-refractivity contribution in [2.75, 3.05) is 6.54 Å². The molecule has 0 aliphatic rings. The molecule has 4 heteroatoms. The Morgan fingerprint density at radius 1 is 1.19 bits per heavy atom. The first-order chi connectivity index (χ1) is 10.1. The van der Waals surface area contributed by atoms with E-state index in [9.17, 15) is 0 Å². The summed E-state index contributed by atoms with van der Waals surface area (Å²) in [4.78, 5) is 0. The van der Waals surface area contributed by atoms with E-state index in [1.807, 2.05) is 30.3 Å². The topological polar surface area (TPSA) is 21.3 Å². The van der Waals surface area contributed by atoms with E-state index in [1.165, 1.54) is 5.56 Å². The van der Waals surface area contributed by atoms with Crippen LogP contribution in [0.4, 0.5) is 0 Å². The summed E-state index contributed by atoms with van der Waals surface area (Å²) in [6, 6.07) is 14.0. The van der Waals surface area contributed by atoms with Gasteiger partial charge in [-0.1, -0.05) is 30.7 Å². The molecular formula is C17H19BrClNO. The van der Waals surface area contributed by atoms with Gasteiger partial charge in [0.25, 0.3) is 0 Å². The molecule has 0 saturated carbocycles. The Morgan fingerprint density at radius 3 is 2.52 bits per heavy atom. The van der Waals surface area contributed by atoms with Gasteiger partial charge in [-0.25, -0.2) is 0 Å². The van der Waals surface area contributed by atoms with Crippen molar-refractivity contribution in [1.82, 2.24) is 5.32 Å². The number of hydrogen-bond donors (Lipinski definition) is 1. The molecule has 1 N–H and O–H groups in total. The van der Waals surface area contributed by atoms with Gasteiger partial charge in [-0.3, -0.25) is 0 Å². The zero-order chi connectivity index (χ0) is 15.2. The van der Waals surface area contributed by atoms with Gasteiger partial charge in [0.2, 0.25) is 0 Å². The number of rotatable bonds is 6. The third-order valence-corrected chi connectivity index (χ3v) is 4.06. The van der Waals surface area contributed by atoms with E-state index in [1.54, 1.807) is 0 Å². The molecule has 0 radical (unpaired) electrons. The summed E-state index contributed by atoms with van der Waals surface area (Å²) in [6.07, 6.45) is 1.14. The largest absolute Gasteiger partial charge is 0.456 e. The highest BCUT2D eigenvalue weighted by atomic mass is 79.9. The molecule has 0 fully saturated rings. The Hall–Kier alpha value is -1.03. The molecule has 21 heavy (non-hydrogen) atoms. The van der Waals surface area contributed by atoms with E-state index in [-0.39, 0.29) is 0 Å². The molecule has 1 atom stereocenters. The second-order valence-corrected chi connectivity index (χ2v) is 6.21. The predicted molar refractivity (Wildman–Crippen MR) is 92.4 cm³/mol. The summed E-state index contributed by atoms with van der Waals surface area (Å²) >= 11 is 9.38. The van der Waals surface area contributed by atoms with E-state index >= 15 is 0 Å². The van der Waals surface area contributed by atoms with Crippen LogP contribution in [-0.2, 0) is 0 Å². The lowest BCUT2D eigenvalue weighted by Gasteiger charge is -2.14. The standard InChI is InChI=1S/C17H19BrClNO/c1-3-10-20-12(2)13-4-7-15(8-5-13)21-17-9-6-14(19)11-16(17)18/h4-9,11-12,20H,3,10H2,1-2H3. The van der Waals surface area contributed by atoms with Gasteiger partial charge >= 0.3 is 0 Å². The molecule has 0 amide bonds. The highest BCUT2D eigenvalue weighted by molar-refractivity contribution is 9.10. The van der Waals surface area contributed by atoms with Gasteiger partial charge in [0, 0.05) is 11.1 Å². The number of ether oxygens (including phenoxy) is 1. The molecular weight excluding hydrogens is 350 g/mol. The highest BCUT2D eigenvalue weighted by Gasteiger charge is 2.06. The molecule has 2 aromatic carbocycles. The van der Waals surface area contributed by atoms with Crippen molar-refractivity contribution in [3.8, 4) is 11.5 Å². The molecule has 2 rings (SSSR count). The summed E-state index contributed by atoms with van der Waals surface area (Å²) in [5.41, 5.74) is 1.26. The van der Waals surface area contributed by atoms with Gasteiger partial charge in [0.15, 0.2) is 0 Å². The predicted octanol–water partition coefficient (Wildman–Crippen LogP) is 5.96. The Kier molecular flexibility index (Phi) is 6.09. The van der Waals surface area contributed by atoms with Gasteiger partial charge in [-0.05, 0) is 71.7 Å². The zero-order valence-corrected chi connectivity index (χ0v) is 14.5. The van der Waals surface area contributed by atoms with Crippen LogP contribution in [-0.4, -0.2) is 6.54 Å². The van der Waals surface area contributed by atoms with Gasteiger partial charge in [0.1, 0.15) is 11.5 Å². The maximum atomic E-state index is 5.92. The number of benzene rings is 2. The van der Waals surface area contributed by atoms with Crippen LogP contribution >= 0.6 is 27.5 Å². The summed E-state index contributed by atoms with van der Waals surface area (Å²) in [5, 5.41) is 4.15. The minimum atomic E-state index is 0.348. The smallest absolute Gasteiger partial charge is 0.141 e. The molecule has 2 nitrogen and oxygen atoms in total. The van der Waals surface area contributed by atoms with E-state index in [0.29, 0.717) is 11.1 Å². The van der Waals surface area contributed by atoms with Gasteiger partial charge < -0.3 is 10.1 Å². The minimum absolute atomic E-state index is 0.348. The van der Waals surface area contributed by atoms with Crippen LogP contribution in [0.5, 0.6) is 11.5 Å². The second-order valence-electron chi connectivity index (χ2n) is 4.92. The van der Waals surface area contributed by atoms with Gasteiger partial charge in [-0.15, -0.1) is 0 Å². The molecule has 0 aromatic heterocycles. The van der Waals surface area contributed by atoms with Crippen molar-refractivity contribution in [3.05, 3.63) is 57.5 Å². The zero-order valence-electron chi connectivity index (χ0n) is 12.2. The lowest BCUT2D eigenvalue weighted by molar-refractivity contribution is 0.478. The molecule has 2 aromatic rings. The number of nitrogens with one attached hydrogen (secondary N) is 1. The maximum absolute atomic E-state index is 5.92. The third-order valence-electron chi connectivity index (χ3n) is 3.20. The summed E-state index contributed by atoms with van der Waals surface area (Å²) in [6.45, 7) is 5.36. The first-order valence-electron chi connectivity index (χ1n) is 7.06. The van der Waals surface area contributed by atoms with Crippen molar-refractivity contribution in [3.63, 3.8) is 0 Å². The molecule has 0 aliphatic carbocycles. The van der Waals surface area contributed by atoms with Crippen molar-refractivity contribution in [1.29, 1.82) is 0 Å². The summed E-state index contributed by atoms with van der Waals surface area (Å²) < 4.78 is 6.70. The summed E-state index contributed by atoms with van der Waals surface area (Å²) in [7, 11) is 0. The first-order valence-corrected chi connectivity index (χ1v) is 8.23. The summed E-state index contributed by atoms with van der Waals surface area (Å²) in [5.74, 6) is 1.56. The van der Waals surface area contributed by atoms with Crippen molar-refractivity contribution in [2.45, 2.75) is 26.3 Å². The maximum Gasteiger partial charge on any atom is 0.141 e. The minimum Gasteiger partial charge on any atom is -0.456 e. The van der Waals surface area contributed by atoms with E-state index in [4.69, 9.17) is 16.3 Å². The number of halogens is 2. The van der Waals surface area contributed by atoms with Crippen molar-refractivity contribution in [2.24, 2.45) is 0 Å². The van der Waals surface area contributed by atoms with E-state index in [2.05, 4.69) is 47.2 Å². The third kappa shape index (κ3) is 4.73. The van der Waals surface area contributed by atoms with Crippen LogP contribution in [0, 0.1) is 0 Å². The molecule has 1 unspecified atom stereocenters. The Morgan fingerprint density at radius 2 is 1.90 bits per heavy atom. The Bertz CT molecular complexity index is 586. The SMILES string of the molecule is CCCNC(C)c1ccc(Oc2ccc(Cl)cc2Br)cc1. The fourth-order valence-electron chi connectivity index (χ4n) is 1.99. The van der Waals surface area contributed by atoms with Crippen LogP contribution in [0.3, 0.4) is 0 Å². The molecule has 0 heterocycles. The monoisotopic (exact) mass is 367 g/mol. The molecule has 112 valence electrons. The lowest BCUT2D eigenvalue weighted by atomic mass is 10.1. The second kappa shape index (κ2) is 7.83. The van der Waals surface area contributed by atoms with E-state index in [0.717, 1.165) is 28.9 Å². The highest BCUT2D eigenvalue weighted by Crippen LogP contribution is 2.32. The molecule has 0 aliphatic heterocycles. The fourth-order valence-corrected chi connectivity index (χ4v) is 2.75. The first kappa shape index (κ1) is 16.3. The molecule has 0 saturated heterocycles. The lowest BCUT2D eigenvalue weighted by Crippen LogP contribution is -2.19. The van der Waals surface area contributed by atoms with Crippen LogP contribution in [0.2, 0.25) is 5.02 Å². The normalized spacial score (nSPS) is 12.2. The fraction of sp³-hybridized carbons (Fsp3) is 0.294. The average Bonchev–Trinajstić information content (AvgIpc) is 2.48. The van der Waals surface area contributed by atoms with Crippen LogP contribution in [0.25, 0.3) is 0 Å². The van der Waals surface area contributed by atoms with Crippen molar-refractivity contribution < 1.29 is 4.74 Å². The quantitative estimate of drug-likeness (QED) is 0.679. The van der Waals surface area contributed by atoms with Crippen LogP contribution in [0.15, 0.2) is 46.9 Å². The molecule has 0 spiro atoms. The number of hydrogen-bond acceptors (Lipinski definition) is 2. The van der Waals surface area contributed by atoms with Crippen molar-refractivity contribution >= 4 is 27.5 Å². The van der Waals surface area contributed by atoms with Gasteiger partial charge in [-0.2, -0.15) is 0 Å². The average molecular weight is 369 g/mol. The Balaban J connectivity index is 2.05. The van der Waals surface area contributed by atoms with Crippen LogP contribution < -0.4 is 10.1 Å².